The summed E-state index contributed by atoms with van der Waals surface area (Å²) < 4.78 is 2.17. The van der Waals surface area contributed by atoms with Crippen molar-refractivity contribution in [2.24, 2.45) is 5.92 Å². The predicted molar refractivity (Wildman–Crippen MR) is 70.9 cm³/mol. The first kappa shape index (κ1) is 12.6. The number of hydrogen-bond donors (Lipinski definition) is 1. The molecule has 1 aromatic rings. The molecule has 0 saturated heterocycles. The van der Waals surface area contributed by atoms with Gasteiger partial charge in [-0.05, 0) is 31.7 Å². The molecular formula is C14H25N3. The van der Waals surface area contributed by atoms with Gasteiger partial charge in [0, 0.05) is 18.8 Å². The van der Waals surface area contributed by atoms with E-state index in [0.29, 0.717) is 18.0 Å². The van der Waals surface area contributed by atoms with Gasteiger partial charge in [-0.2, -0.15) is 5.10 Å². The summed E-state index contributed by atoms with van der Waals surface area (Å²) in [5, 5.41) is 8.20. The van der Waals surface area contributed by atoms with Crippen LogP contribution >= 0.6 is 0 Å². The molecule has 0 amide bonds. The molecule has 1 aromatic heterocycles. The summed E-state index contributed by atoms with van der Waals surface area (Å²) in [4.78, 5) is 0. The van der Waals surface area contributed by atoms with Crippen molar-refractivity contribution in [1.29, 1.82) is 0 Å². The van der Waals surface area contributed by atoms with Crippen LogP contribution in [0.15, 0.2) is 12.3 Å². The van der Waals surface area contributed by atoms with Crippen LogP contribution in [0.5, 0.6) is 0 Å². The fraction of sp³-hybridized carbons (Fsp3) is 0.786. The number of aromatic nitrogens is 2. The zero-order chi connectivity index (χ0) is 12.3. The molecule has 0 bridgehead atoms. The second-order valence-corrected chi connectivity index (χ2v) is 5.64. The first-order chi connectivity index (χ1) is 8.16. The molecule has 1 unspecified atom stereocenters. The van der Waals surface area contributed by atoms with Crippen molar-refractivity contribution in [3.63, 3.8) is 0 Å². The Hall–Kier alpha value is -0.830. The van der Waals surface area contributed by atoms with Gasteiger partial charge in [0.2, 0.25) is 0 Å². The second-order valence-electron chi connectivity index (χ2n) is 5.64. The van der Waals surface area contributed by atoms with Crippen molar-refractivity contribution >= 4 is 0 Å². The summed E-state index contributed by atoms with van der Waals surface area (Å²) in [5.41, 5.74) is 1.17. The van der Waals surface area contributed by atoms with Crippen LogP contribution in [0.25, 0.3) is 0 Å². The molecule has 0 radical (unpaired) electrons. The Balaban J connectivity index is 1.85. The smallest absolute Gasteiger partial charge is 0.0762 e. The van der Waals surface area contributed by atoms with Crippen molar-refractivity contribution in [1.82, 2.24) is 15.1 Å². The lowest BCUT2D eigenvalue weighted by atomic mass is 10.1. The summed E-state index contributed by atoms with van der Waals surface area (Å²) in [7, 11) is 0. The maximum Gasteiger partial charge on any atom is 0.0762 e. The van der Waals surface area contributed by atoms with E-state index in [-0.39, 0.29) is 0 Å². The van der Waals surface area contributed by atoms with E-state index in [1.54, 1.807) is 0 Å². The highest BCUT2D eigenvalue weighted by Gasteiger charge is 2.17. The van der Waals surface area contributed by atoms with Crippen LogP contribution in [0.4, 0.5) is 0 Å². The van der Waals surface area contributed by atoms with E-state index >= 15 is 0 Å². The first-order valence-electron chi connectivity index (χ1n) is 6.94. The Morgan fingerprint density at radius 2 is 2.06 bits per heavy atom. The Labute approximate surface area is 105 Å². The molecule has 96 valence electrons. The van der Waals surface area contributed by atoms with Crippen LogP contribution in [-0.4, -0.2) is 15.8 Å². The van der Waals surface area contributed by atoms with Gasteiger partial charge in [0.05, 0.1) is 11.7 Å². The van der Waals surface area contributed by atoms with E-state index in [0.717, 1.165) is 6.54 Å². The number of rotatable bonds is 5. The van der Waals surface area contributed by atoms with E-state index < -0.39 is 0 Å². The van der Waals surface area contributed by atoms with E-state index in [9.17, 15) is 0 Å². The molecule has 1 saturated carbocycles. The summed E-state index contributed by atoms with van der Waals surface area (Å²) >= 11 is 0. The average Bonchev–Trinajstić information content (AvgIpc) is 2.95. The molecule has 1 fully saturated rings. The number of nitrogens with zero attached hydrogens (tertiary/aromatic N) is 2. The van der Waals surface area contributed by atoms with Gasteiger partial charge in [-0.1, -0.05) is 26.7 Å². The van der Waals surface area contributed by atoms with Gasteiger partial charge >= 0.3 is 0 Å². The van der Waals surface area contributed by atoms with Crippen LogP contribution in [-0.2, 0) is 6.54 Å². The molecule has 0 spiro atoms. The van der Waals surface area contributed by atoms with Gasteiger partial charge in [-0.25, -0.2) is 0 Å². The highest BCUT2D eigenvalue weighted by molar-refractivity contribution is 5.00. The molecule has 1 aliphatic carbocycles. The largest absolute Gasteiger partial charge is 0.308 e. The van der Waals surface area contributed by atoms with E-state index in [4.69, 9.17) is 0 Å². The molecule has 1 heterocycles. The van der Waals surface area contributed by atoms with Gasteiger partial charge in [0.25, 0.3) is 0 Å². The van der Waals surface area contributed by atoms with E-state index in [1.165, 1.54) is 31.4 Å². The molecule has 0 aromatic carbocycles. The third-order valence-electron chi connectivity index (χ3n) is 3.97. The topological polar surface area (TPSA) is 29.9 Å². The third kappa shape index (κ3) is 3.32. The fourth-order valence-electron chi connectivity index (χ4n) is 2.35. The Kier molecular flexibility index (Phi) is 4.21. The van der Waals surface area contributed by atoms with Crippen LogP contribution in [0.3, 0.4) is 0 Å². The van der Waals surface area contributed by atoms with Crippen molar-refractivity contribution in [3.8, 4) is 0 Å². The van der Waals surface area contributed by atoms with Gasteiger partial charge in [0.1, 0.15) is 0 Å². The Bertz CT molecular complexity index is 337. The van der Waals surface area contributed by atoms with Crippen LogP contribution in [0.2, 0.25) is 0 Å². The zero-order valence-electron chi connectivity index (χ0n) is 11.3. The van der Waals surface area contributed by atoms with Crippen LogP contribution < -0.4 is 5.32 Å². The fourth-order valence-corrected chi connectivity index (χ4v) is 2.35. The minimum atomic E-state index is 0.548. The maximum absolute atomic E-state index is 4.68. The monoisotopic (exact) mass is 235 g/mol. The minimum absolute atomic E-state index is 0.548. The molecule has 1 atom stereocenters. The van der Waals surface area contributed by atoms with Crippen molar-refractivity contribution in [3.05, 3.63) is 18.0 Å². The molecule has 1 N–H and O–H groups in total. The number of nitrogens with one attached hydrogen (secondary N) is 1. The van der Waals surface area contributed by atoms with Crippen LogP contribution in [0.1, 0.15) is 58.2 Å². The molecule has 3 heteroatoms. The summed E-state index contributed by atoms with van der Waals surface area (Å²) in [5.74, 6) is 0.673. The SMILES string of the molecule is CC(C)C(C)NCc1ccn(C2CCCC2)n1. The lowest BCUT2D eigenvalue weighted by molar-refractivity contribution is 0.417. The lowest BCUT2D eigenvalue weighted by Crippen LogP contribution is -2.30. The minimum Gasteiger partial charge on any atom is -0.308 e. The van der Waals surface area contributed by atoms with Gasteiger partial charge in [-0.3, -0.25) is 4.68 Å². The molecule has 3 nitrogen and oxygen atoms in total. The highest BCUT2D eigenvalue weighted by atomic mass is 15.3. The second kappa shape index (κ2) is 5.67. The molecule has 17 heavy (non-hydrogen) atoms. The standard InChI is InChI=1S/C14H25N3/c1-11(2)12(3)15-10-13-8-9-17(16-13)14-6-4-5-7-14/h8-9,11-12,14-15H,4-7,10H2,1-3H3. The van der Waals surface area contributed by atoms with Crippen molar-refractivity contribution in [2.45, 2.75) is 65.1 Å². The normalized spacial score (nSPS) is 19.1. The molecular weight excluding hydrogens is 210 g/mol. The molecule has 2 rings (SSSR count). The van der Waals surface area contributed by atoms with Crippen LogP contribution in [0, 0.1) is 5.92 Å². The highest BCUT2D eigenvalue weighted by Crippen LogP contribution is 2.28. The Morgan fingerprint density at radius 1 is 1.35 bits per heavy atom. The molecule has 0 aliphatic heterocycles. The average molecular weight is 235 g/mol. The number of hydrogen-bond acceptors (Lipinski definition) is 2. The van der Waals surface area contributed by atoms with E-state index in [2.05, 4.69) is 48.1 Å². The summed E-state index contributed by atoms with van der Waals surface area (Å²) in [6, 6.07) is 3.36. The van der Waals surface area contributed by atoms with Crippen molar-refractivity contribution < 1.29 is 0 Å². The summed E-state index contributed by atoms with van der Waals surface area (Å²) in [6.45, 7) is 7.61. The summed E-state index contributed by atoms with van der Waals surface area (Å²) in [6.07, 6.45) is 7.48. The van der Waals surface area contributed by atoms with Gasteiger partial charge in [0.15, 0.2) is 0 Å². The first-order valence-corrected chi connectivity index (χ1v) is 6.94. The van der Waals surface area contributed by atoms with Gasteiger partial charge < -0.3 is 5.32 Å². The Morgan fingerprint density at radius 3 is 2.71 bits per heavy atom. The quantitative estimate of drug-likeness (QED) is 0.849. The predicted octanol–water partition coefficient (Wildman–Crippen LogP) is 3.13. The maximum atomic E-state index is 4.68. The zero-order valence-corrected chi connectivity index (χ0v) is 11.3. The van der Waals surface area contributed by atoms with Gasteiger partial charge in [-0.15, -0.1) is 0 Å². The van der Waals surface area contributed by atoms with Crippen molar-refractivity contribution in [2.75, 3.05) is 0 Å². The lowest BCUT2D eigenvalue weighted by Gasteiger charge is -2.16. The molecule has 1 aliphatic rings. The van der Waals surface area contributed by atoms with E-state index in [1.807, 2.05) is 0 Å². The third-order valence-corrected chi connectivity index (χ3v) is 3.97.